The summed E-state index contributed by atoms with van der Waals surface area (Å²) in [5.41, 5.74) is 9.45. The highest BCUT2D eigenvalue weighted by Crippen LogP contribution is 2.36. The Morgan fingerprint density at radius 2 is 2.14 bits per heavy atom. The van der Waals surface area contributed by atoms with Crippen molar-refractivity contribution in [1.82, 2.24) is 0 Å². The first-order chi connectivity index (χ1) is 10.8. The predicted molar refractivity (Wildman–Crippen MR) is 78.1 cm³/mol. The Bertz CT molecular complexity index is 535. The second-order valence-corrected chi connectivity index (χ2v) is 5.53. The maximum absolute atomic E-state index is 9.47. The summed E-state index contributed by atoms with van der Waals surface area (Å²) in [6, 6.07) is 9.84. The minimum Gasteiger partial charge on any atom is -0.394 e. The number of aliphatic hydroxyl groups excluding tert-OH is 1. The number of ether oxygens (including phenoxy) is 3. The number of azide groups is 1. The molecule has 7 nitrogen and oxygen atoms in total. The predicted octanol–water partition coefficient (Wildman–Crippen LogP) is 1.80. The number of hydrogen-bond acceptors (Lipinski definition) is 5. The van der Waals surface area contributed by atoms with Gasteiger partial charge in [0.1, 0.15) is 18.3 Å². The molecule has 2 fully saturated rings. The van der Waals surface area contributed by atoms with Crippen molar-refractivity contribution in [3.8, 4) is 0 Å². The van der Waals surface area contributed by atoms with Crippen LogP contribution >= 0.6 is 0 Å². The molecule has 1 aromatic rings. The molecule has 22 heavy (non-hydrogen) atoms. The fraction of sp³-hybridized carbons (Fsp3) is 0.600. The average Bonchev–Trinajstić information content (AvgIpc) is 3.09. The number of nitrogens with zero attached hydrogens (tertiary/aromatic N) is 3. The molecule has 3 rings (SSSR count). The van der Waals surface area contributed by atoms with Crippen LogP contribution in [-0.2, 0) is 20.8 Å². The van der Waals surface area contributed by atoms with Crippen LogP contribution in [0.2, 0.25) is 0 Å². The lowest BCUT2D eigenvalue weighted by atomic mass is 10.1. The molecule has 0 saturated carbocycles. The molecular weight excluding hydrogens is 286 g/mol. The van der Waals surface area contributed by atoms with Crippen LogP contribution in [0.15, 0.2) is 35.4 Å². The van der Waals surface area contributed by atoms with Crippen LogP contribution in [0.25, 0.3) is 10.4 Å². The van der Waals surface area contributed by atoms with Crippen LogP contribution in [0.4, 0.5) is 0 Å². The molecule has 0 aromatic heterocycles. The van der Waals surface area contributed by atoms with E-state index in [0.29, 0.717) is 19.6 Å². The number of hydrogen-bond donors (Lipinski definition) is 1. The van der Waals surface area contributed by atoms with E-state index in [0.717, 1.165) is 5.56 Å². The van der Waals surface area contributed by atoms with Crippen LogP contribution in [0.5, 0.6) is 0 Å². The number of rotatable bonds is 6. The van der Waals surface area contributed by atoms with Crippen molar-refractivity contribution in [2.24, 2.45) is 5.11 Å². The highest BCUT2D eigenvalue weighted by molar-refractivity contribution is 5.13. The Morgan fingerprint density at radius 3 is 2.86 bits per heavy atom. The summed E-state index contributed by atoms with van der Waals surface area (Å²) >= 11 is 0. The summed E-state index contributed by atoms with van der Waals surface area (Å²) in [7, 11) is 0. The summed E-state index contributed by atoms with van der Waals surface area (Å²) in [6.07, 6.45) is -0.513. The number of benzene rings is 1. The van der Waals surface area contributed by atoms with Gasteiger partial charge in [-0.15, -0.1) is 0 Å². The summed E-state index contributed by atoms with van der Waals surface area (Å²) < 4.78 is 17.7. The van der Waals surface area contributed by atoms with Crippen molar-refractivity contribution in [2.45, 2.75) is 43.5 Å². The number of fused-ring (bicyclic) bond motifs is 1. The van der Waals surface area contributed by atoms with E-state index in [2.05, 4.69) is 10.0 Å². The zero-order valence-electron chi connectivity index (χ0n) is 12.1. The highest BCUT2D eigenvalue weighted by atomic mass is 16.6. The van der Waals surface area contributed by atoms with Gasteiger partial charge in [0.2, 0.25) is 0 Å². The van der Waals surface area contributed by atoms with E-state index in [1.165, 1.54) is 0 Å². The Morgan fingerprint density at radius 1 is 1.32 bits per heavy atom. The van der Waals surface area contributed by atoms with E-state index in [1.807, 2.05) is 30.3 Å². The molecule has 0 aliphatic carbocycles. The van der Waals surface area contributed by atoms with E-state index >= 15 is 0 Å². The standard InChI is InChI=1S/C15H19N3O4/c16-18-17-7-11-6-12-15(21-11)14(13(8-19)22-12)20-9-10-4-2-1-3-5-10/h1-5,11-15,19H,6-9H2. The van der Waals surface area contributed by atoms with Gasteiger partial charge in [-0.3, -0.25) is 0 Å². The van der Waals surface area contributed by atoms with Crippen LogP contribution in [0.1, 0.15) is 12.0 Å². The van der Waals surface area contributed by atoms with Gasteiger partial charge in [0.25, 0.3) is 0 Å². The molecule has 0 spiro atoms. The third-order valence-electron chi connectivity index (χ3n) is 4.06. The van der Waals surface area contributed by atoms with Crippen LogP contribution in [-0.4, -0.2) is 48.8 Å². The zero-order valence-corrected chi connectivity index (χ0v) is 12.1. The molecule has 1 N–H and O–H groups in total. The SMILES string of the molecule is [N-]=[N+]=NCC1CC2OC(CO)C(OCc3ccccc3)C2O1. The van der Waals surface area contributed by atoms with Gasteiger partial charge in [0, 0.05) is 11.3 Å². The van der Waals surface area contributed by atoms with Crippen LogP contribution < -0.4 is 0 Å². The maximum atomic E-state index is 9.47. The third kappa shape index (κ3) is 3.24. The average molecular weight is 305 g/mol. The minimum absolute atomic E-state index is 0.100. The molecule has 0 amide bonds. The first-order valence-corrected chi connectivity index (χ1v) is 7.40. The Labute approximate surface area is 128 Å². The lowest BCUT2D eigenvalue weighted by Crippen LogP contribution is -2.37. The maximum Gasteiger partial charge on any atom is 0.115 e. The van der Waals surface area contributed by atoms with E-state index in [4.69, 9.17) is 19.7 Å². The molecule has 1 aromatic carbocycles. The molecule has 2 aliphatic heterocycles. The van der Waals surface area contributed by atoms with Gasteiger partial charge in [-0.2, -0.15) is 0 Å². The van der Waals surface area contributed by atoms with Crippen molar-refractivity contribution >= 4 is 0 Å². The molecule has 2 heterocycles. The van der Waals surface area contributed by atoms with E-state index in [9.17, 15) is 5.11 Å². The van der Waals surface area contributed by atoms with Crippen molar-refractivity contribution in [3.05, 3.63) is 46.3 Å². The van der Waals surface area contributed by atoms with Gasteiger partial charge in [-0.05, 0) is 11.1 Å². The summed E-state index contributed by atoms with van der Waals surface area (Å²) in [4.78, 5) is 2.75. The quantitative estimate of drug-likeness (QED) is 0.492. The summed E-state index contributed by atoms with van der Waals surface area (Å²) in [6.45, 7) is 0.637. The monoisotopic (exact) mass is 305 g/mol. The lowest BCUT2D eigenvalue weighted by molar-refractivity contribution is -0.0903. The van der Waals surface area contributed by atoms with E-state index in [-0.39, 0.29) is 37.1 Å². The van der Waals surface area contributed by atoms with Crippen molar-refractivity contribution in [2.75, 3.05) is 13.2 Å². The smallest absolute Gasteiger partial charge is 0.115 e. The lowest BCUT2D eigenvalue weighted by Gasteiger charge is -2.22. The molecule has 2 saturated heterocycles. The van der Waals surface area contributed by atoms with Crippen molar-refractivity contribution in [3.63, 3.8) is 0 Å². The molecule has 0 bridgehead atoms. The first kappa shape index (κ1) is 15.3. The van der Waals surface area contributed by atoms with Gasteiger partial charge >= 0.3 is 0 Å². The van der Waals surface area contributed by atoms with Crippen molar-refractivity contribution < 1.29 is 19.3 Å². The van der Waals surface area contributed by atoms with Crippen LogP contribution in [0, 0.1) is 0 Å². The first-order valence-electron chi connectivity index (χ1n) is 7.40. The summed E-state index contributed by atoms with van der Waals surface area (Å²) in [5.74, 6) is 0. The second-order valence-electron chi connectivity index (χ2n) is 5.53. The Hall–Kier alpha value is -1.63. The molecule has 118 valence electrons. The molecule has 2 aliphatic rings. The molecule has 5 atom stereocenters. The fourth-order valence-corrected chi connectivity index (χ4v) is 3.06. The molecular formula is C15H19N3O4. The van der Waals surface area contributed by atoms with Gasteiger partial charge in [0.15, 0.2) is 0 Å². The van der Waals surface area contributed by atoms with Gasteiger partial charge in [0.05, 0.1) is 32.0 Å². The third-order valence-corrected chi connectivity index (χ3v) is 4.06. The van der Waals surface area contributed by atoms with E-state index in [1.54, 1.807) is 0 Å². The Balaban J connectivity index is 1.62. The molecule has 0 radical (unpaired) electrons. The highest BCUT2D eigenvalue weighted by Gasteiger charge is 2.51. The van der Waals surface area contributed by atoms with Gasteiger partial charge < -0.3 is 19.3 Å². The molecule has 5 unspecified atom stereocenters. The zero-order chi connectivity index (χ0) is 15.4. The topological polar surface area (TPSA) is 96.7 Å². The molecule has 7 heteroatoms. The largest absolute Gasteiger partial charge is 0.394 e. The minimum atomic E-state index is -0.376. The van der Waals surface area contributed by atoms with Gasteiger partial charge in [-0.1, -0.05) is 35.4 Å². The fourth-order valence-electron chi connectivity index (χ4n) is 3.06. The van der Waals surface area contributed by atoms with Crippen LogP contribution in [0.3, 0.4) is 0 Å². The summed E-state index contributed by atoms with van der Waals surface area (Å²) in [5, 5.41) is 13.0. The van der Waals surface area contributed by atoms with E-state index < -0.39 is 0 Å². The van der Waals surface area contributed by atoms with Gasteiger partial charge in [-0.25, -0.2) is 0 Å². The Kier molecular flexibility index (Phi) is 4.92. The van der Waals surface area contributed by atoms with Crippen molar-refractivity contribution in [1.29, 1.82) is 0 Å². The normalized spacial score (nSPS) is 33.4. The number of aliphatic hydroxyl groups is 1. The second kappa shape index (κ2) is 7.09.